The summed E-state index contributed by atoms with van der Waals surface area (Å²) in [5, 5.41) is 0. The van der Waals surface area contributed by atoms with E-state index in [4.69, 9.17) is 0 Å². The van der Waals surface area contributed by atoms with E-state index in [1.54, 1.807) is 6.08 Å². The molecule has 0 atom stereocenters. The van der Waals surface area contributed by atoms with Crippen LogP contribution in [0.1, 0.15) is 12.8 Å². The molecule has 0 fully saturated rings. The van der Waals surface area contributed by atoms with Gasteiger partial charge in [0.25, 0.3) is 0 Å². The second kappa shape index (κ2) is 3.09. The van der Waals surface area contributed by atoms with Gasteiger partial charge in [-0.1, -0.05) is 0 Å². The number of hydrogen-bond donors (Lipinski definition) is 0. The van der Waals surface area contributed by atoms with E-state index in [0.717, 1.165) is 12.8 Å². The second-order valence-corrected chi connectivity index (χ2v) is 3.85. The van der Waals surface area contributed by atoms with Crippen LogP contribution in [0.2, 0.25) is 0 Å². The molecule has 0 aliphatic heterocycles. The van der Waals surface area contributed by atoms with Gasteiger partial charge in [0.1, 0.15) is 0 Å². The van der Waals surface area contributed by atoms with Crippen LogP contribution in [-0.2, 0) is 24.5 Å². The van der Waals surface area contributed by atoms with Crippen LogP contribution in [0.4, 0.5) is 0 Å². The van der Waals surface area contributed by atoms with Gasteiger partial charge in [-0.15, -0.1) is 0 Å². The molecule has 0 heterocycles. The Morgan fingerprint density at radius 1 is 1.44 bits per heavy atom. The molecule has 2 nitrogen and oxygen atoms in total. The molecule has 0 aromatic carbocycles. The summed E-state index contributed by atoms with van der Waals surface area (Å²) in [5.74, 6) is 0. The molecule has 0 N–H and O–H groups in total. The molecule has 3 heteroatoms. The molecular formula is C6H7O2Ti. The van der Waals surface area contributed by atoms with Crippen molar-refractivity contribution in [3.8, 4) is 0 Å². The van der Waals surface area contributed by atoms with Crippen LogP contribution >= 0.6 is 0 Å². The molecule has 1 aliphatic rings. The Balaban J connectivity index is 2.80. The zero-order valence-corrected chi connectivity index (χ0v) is 6.52. The zero-order valence-electron chi connectivity index (χ0n) is 4.96. The van der Waals surface area contributed by atoms with Crippen molar-refractivity contribution in [2.45, 2.75) is 12.8 Å². The monoisotopic (exact) mass is 159 g/mol. The third kappa shape index (κ3) is 1.88. The summed E-state index contributed by atoms with van der Waals surface area (Å²) in [5.41, 5.74) is 0. The molecule has 0 bridgehead atoms. The van der Waals surface area contributed by atoms with Crippen molar-refractivity contribution in [1.29, 1.82) is 0 Å². The second-order valence-electron chi connectivity index (χ2n) is 1.95. The van der Waals surface area contributed by atoms with E-state index in [2.05, 4.69) is 0 Å². The summed E-state index contributed by atoms with van der Waals surface area (Å²) < 4.78 is 21.4. The summed E-state index contributed by atoms with van der Waals surface area (Å²) in [6.45, 7) is 0. The first-order valence-corrected chi connectivity index (χ1v) is 4.93. The Morgan fingerprint density at radius 2 is 2.22 bits per heavy atom. The average molecular weight is 159 g/mol. The number of hydrogen-bond acceptors (Lipinski definition) is 2. The SMILES string of the molecule is [O]=[Ti](=[O])[C]1=CC=CCC1. The molecule has 0 aromatic heterocycles. The molecule has 0 spiro atoms. The molecule has 1 aliphatic carbocycles. The molecule has 0 aromatic rings. The maximum atomic E-state index is 10.4. The van der Waals surface area contributed by atoms with Gasteiger partial charge in [0.05, 0.1) is 0 Å². The normalized spacial score (nSPS) is 17.1. The number of allylic oxidation sites excluding steroid dienone is 4. The van der Waals surface area contributed by atoms with Crippen molar-refractivity contribution in [2.24, 2.45) is 0 Å². The van der Waals surface area contributed by atoms with Crippen LogP contribution < -0.4 is 0 Å². The van der Waals surface area contributed by atoms with Gasteiger partial charge in [-0.25, -0.2) is 0 Å². The first kappa shape index (κ1) is 6.91. The van der Waals surface area contributed by atoms with E-state index in [0.29, 0.717) is 3.88 Å². The Bertz CT molecular complexity index is 215. The van der Waals surface area contributed by atoms with Gasteiger partial charge in [0.2, 0.25) is 0 Å². The molecule has 0 unspecified atom stereocenters. The third-order valence-electron chi connectivity index (χ3n) is 1.28. The van der Waals surface area contributed by atoms with Crippen molar-refractivity contribution in [3.05, 3.63) is 22.1 Å². The quantitative estimate of drug-likeness (QED) is 0.543. The summed E-state index contributed by atoms with van der Waals surface area (Å²) >= 11 is -3.18. The fourth-order valence-electron chi connectivity index (χ4n) is 0.773. The standard InChI is InChI=1S/C6H7.2O.Ti/c1-2-4-6-5-3-1;;;/h1-3H,4,6H2;;;. The van der Waals surface area contributed by atoms with Crippen LogP contribution in [-0.4, -0.2) is 0 Å². The summed E-state index contributed by atoms with van der Waals surface area (Å²) in [6, 6.07) is 0. The summed E-state index contributed by atoms with van der Waals surface area (Å²) in [7, 11) is 0. The summed E-state index contributed by atoms with van der Waals surface area (Å²) in [4.78, 5) is 0. The molecule has 0 amide bonds. The Hall–Kier alpha value is -0.206. The third-order valence-corrected chi connectivity index (χ3v) is 2.75. The Morgan fingerprint density at radius 3 is 2.56 bits per heavy atom. The van der Waals surface area contributed by atoms with Gasteiger partial charge in [-0.3, -0.25) is 0 Å². The van der Waals surface area contributed by atoms with Gasteiger partial charge in [-0.05, 0) is 0 Å². The minimum atomic E-state index is -3.18. The Labute approximate surface area is 59.7 Å². The molecule has 9 heavy (non-hydrogen) atoms. The predicted octanol–water partition coefficient (Wildman–Crippen LogP) is 1.53. The van der Waals surface area contributed by atoms with Gasteiger partial charge in [-0.2, -0.15) is 0 Å². The Kier molecular flexibility index (Phi) is 2.37. The van der Waals surface area contributed by atoms with Gasteiger partial charge >= 0.3 is 59.4 Å². The molecular weight excluding hydrogens is 152 g/mol. The zero-order chi connectivity index (χ0) is 6.69. The van der Waals surface area contributed by atoms with E-state index < -0.39 is 17.8 Å². The van der Waals surface area contributed by atoms with Crippen molar-refractivity contribution in [1.82, 2.24) is 0 Å². The van der Waals surface area contributed by atoms with Gasteiger partial charge in [0.15, 0.2) is 0 Å². The van der Waals surface area contributed by atoms with E-state index in [1.807, 2.05) is 12.2 Å². The van der Waals surface area contributed by atoms with Gasteiger partial charge in [0, 0.05) is 0 Å². The van der Waals surface area contributed by atoms with E-state index in [1.165, 1.54) is 0 Å². The van der Waals surface area contributed by atoms with E-state index >= 15 is 0 Å². The van der Waals surface area contributed by atoms with Crippen LogP contribution in [0, 0.1) is 0 Å². The molecule has 0 saturated carbocycles. The van der Waals surface area contributed by atoms with Crippen LogP contribution in [0.5, 0.6) is 0 Å². The van der Waals surface area contributed by atoms with E-state index in [9.17, 15) is 6.65 Å². The van der Waals surface area contributed by atoms with Crippen molar-refractivity contribution < 1.29 is 24.5 Å². The average Bonchev–Trinajstić information content (AvgIpc) is 1.90. The van der Waals surface area contributed by atoms with Crippen LogP contribution in [0.3, 0.4) is 0 Å². The van der Waals surface area contributed by atoms with Crippen molar-refractivity contribution >= 4 is 0 Å². The minimum absolute atomic E-state index is 0.650. The van der Waals surface area contributed by atoms with Gasteiger partial charge < -0.3 is 0 Å². The number of rotatable bonds is 1. The first-order chi connectivity index (χ1) is 4.30. The summed E-state index contributed by atoms with van der Waals surface area (Å²) in [6.07, 6.45) is 7.08. The molecule has 0 radical (unpaired) electrons. The predicted molar refractivity (Wildman–Crippen MR) is 27.8 cm³/mol. The van der Waals surface area contributed by atoms with Crippen LogP contribution in [0.25, 0.3) is 0 Å². The van der Waals surface area contributed by atoms with E-state index in [-0.39, 0.29) is 0 Å². The maximum absolute atomic E-state index is 10.4. The topological polar surface area (TPSA) is 34.1 Å². The van der Waals surface area contributed by atoms with Crippen molar-refractivity contribution in [2.75, 3.05) is 0 Å². The van der Waals surface area contributed by atoms with Crippen LogP contribution in [0.15, 0.2) is 22.1 Å². The fourth-order valence-corrected chi connectivity index (χ4v) is 1.68. The molecule has 0 saturated heterocycles. The molecule has 1 rings (SSSR count). The fraction of sp³-hybridized carbons (Fsp3) is 0.333. The van der Waals surface area contributed by atoms with Crippen molar-refractivity contribution in [3.63, 3.8) is 0 Å². The molecule has 47 valence electrons. The first-order valence-electron chi connectivity index (χ1n) is 2.88.